The third-order valence-electron chi connectivity index (χ3n) is 3.18. The average molecular weight is 321 g/mol. The molecule has 0 spiro atoms. The zero-order valence-electron chi connectivity index (χ0n) is 13.9. The van der Waals surface area contributed by atoms with E-state index in [1.54, 1.807) is 0 Å². The number of carbonyl (C=O) groups is 1. The lowest BCUT2D eigenvalue weighted by Gasteiger charge is -2.26. The van der Waals surface area contributed by atoms with Crippen molar-refractivity contribution in [2.45, 2.75) is 51.3 Å². The fourth-order valence-electron chi connectivity index (χ4n) is 2.11. The van der Waals surface area contributed by atoms with Gasteiger partial charge in [0.2, 0.25) is 8.32 Å². The van der Waals surface area contributed by atoms with Crippen molar-refractivity contribution in [3.8, 4) is 0 Å². The first-order valence-corrected chi connectivity index (χ1v) is 14.3. The molecule has 0 aromatic heterocycles. The number of hydrogen-bond donors (Lipinski definition) is 0. The van der Waals surface area contributed by atoms with Crippen molar-refractivity contribution in [1.82, 2.24) is 0 Å². The molecule has 1 aromatic carbocycles. The predicted octanol–water partition coefficient (Wildman–Crippen LogP) is 4.97. The Balaban J connectivity index is 2.75. The summed E-state index contributed by atoms with van der Waals surface area (Å²) in [5.74, 6) is 0. The topological polar surface area (TPSA) is 26.3 Å². The largest absolute Gasteiger partial charge is 0.406 e. The van der Waals surface area contributed by atoms with Crippen LogP contribution in [0.2, 0.25) is 38.8 Å². The van der Waals surface area contributed by atoms with Gasteiger partial charge >= 0.3 is 0 Å². The van der Waals surface area contributed by atoms with E-state index in [-0.39, 0.29) is 6.10 Å². The van der Waals surface area contributed by atoms with Crippen LogP contribution < -0.4 is 0 Å². The standard InChI is InChI=1S/C17H28O2Si2/c1-20(2,3)14-9-15-21(4,5)19-17(12-13-18)16-10-7-6-8-11-16/h6-11,13,15,17H,12,14H2,1-5H3/b15-9+. The van der Waals surface area contributed by atoms with Crippen LogP contribution in [0.5, 0.6) is 0 Å². The van der Waals surface area contributed by atoms with E-state index in [1.807, 2.05) is 30.3 Å². The molecule has 0 saturated heterocycles. The van der Waals surface area contributed by atoms with Gasteiger partial charge in [-0.25, -0.2) is 0 Å². The fraction of sp³-hybridized carbons (Fsp3) is 0.471. The molecule has 1 aromatic rings. The highest BCUT2D eigenvalue weighted by atomic mass is 28.4. The van der Waals surface area contributed by atoms with Crippen LogP contribution in [0.1, 0.15) is 18.1 Å². The van der Waals surface area contributed by atoms with Crippen molar-refractivity contribution in [2.75, 3.05) is 0 Å². The molecule has 1 rings (SSSR count). The maximum absolute atomic E-state index is 10.9. The van der Waals surface area contributed by atoms with Crippen LogP contribution in [0.4, 0.5) is 0 Å². The van der Waals surface area contributed by atoms with E-state index >= 15 is 0 Å². The molecular formula is C17H28O2Si2. The van der Waals surface area contributed by atoms with Crippen molar-refractivity contribution in [2.24, 2.45) is 0 Å². The minimum absolute atomic E-state index is 0.123. The Hall–Kier alpha value is -0.976. The summed E-state index contributed by atoms with van der Waals surface area (Å²) in [6, 6.07) is 11.2. The van der Waals surface area contributed by atoms with E-state index in [1.165, 1.54) is 6.04 Å². The fourth-order valence-corrected chi connectivity index (χ4v) is 4.90. The summed E-state index contributed by atoms with van der Waals surface area (Å²) < 4.78 is 6.32. The molecule has 1 unspecified atom stereocenters. The van der Waals surface area contributed by atoms with Gasteiger partial charge in [-0.3, -0.25) is 0 Å². The van der Waals surface area contributed by atoms with Gasteiger partial charge in [0.05, 0.1) is 6.10 Å². The van der Waals surface area contributed by atoms with E-state index in [0.717, 1.165) is 11.8 Å². The van der Waals surface area contributed by atoms with Crippen molar-refractivity contribution in [1.29, 1.82) is 0 Å². The van der Waals surface area contributed by atoms with Crippen LogP contribution in [0, 0.1) is 0 Å². The van der Waals surface area contributed by atoms with E-state index in [0.29, 0.717) is 6.42 Å². The Morgan fingerprint density at radius 3 is 2.24 bits per heavy atom. The van der Waals surface area contributed by atoms with Crippen molar-refractivity contribution < 1.29 is 9.22 Å². The SMILES string of the molecule is C[Si](C)(C)C/C=C/[Si](C)(C)OC(CC=O)c1ccccc1. The van der Waals surface area contributed by atoms with E-state index in [9.17, 15) is 4.79 Å². The molecule has 0 radical (unpaired) electrons. The summed E-state index contributed by atoms with van der Waals surface area (Å²) in [7, 11) is -2.96. The van der Waals surface area contributed by atoms with Gasteiger partial charge in [-0.1, -0.05) is 61.7 Å². The second-order valence-electron chi connectivity index (χ2n) is 7.19. The Morgan fingerprint density at radius 1 is 1.10 bits per heavy atom. The van der Waals surface area contributed by atoms with Gasteiger partial charge in [0.25, 0.3) is 0 Å². The second kappa shape index (κ2) is 7.87. The summed E-state index contributed by atoms with van der Waals surface area (Å²) in [5.41, 5.74) is 3.36. The molecule has 0 aliphatic rings. The van der Waals surface area contributed by atoms with Crippen LogP contribution >= 0.6 is 0 Å². The summed E-state index contributed by atoms with van der Waals surface area (Å²) in [4.78, 5) is 10.9. The lowest BCUT2D eigenvalue weighted by Crippen LogP contribution is -2.31. The lowest BCUT2D eigenvalue weighted by molar-refractivity contribution is -0.109. The first kappa shape index (κ1) is 18.1. The smallest absolute Gasteiger partial charge is 0.211 e. The van der Waals surface area contributed by atoms with Gasteiger partial charge < -0.3 is 9.22 Å². The summed E-state index contributed by atoms with van der Waals surface area (Å²) >= 11 is 0. The quantitative estimate of drug-likeness (QED) is 0.499. The first-order valence-electron chi connectivity index (χ1n) is 7.58. The molecular weight excluding hydrogens is 292 g/mol. The third-order valence-corrected chi connectivity index (χ3v) is 6.57. The number of benzene rings is 1. The molecule has 0 aliphatic carbocycles. The minimum Gasteiger partial charge on any atom is -0.406 e. The summed E-state index contributed by atoms with van der Waals surface area (Å²) in [6.07, 6.45) is 3.54. The van der Waals surface area contributed by atoms with Gasteiger partial charge in [-0.15, -0.1) is 0 Å². The van der Waals surface area contributed by atoms with Crippen LogP contribution in [0.3, 0.4) is 0 Å². The Kier molecular flexibility index (Phi) is 6.77. The van der Waals surface area contributed by atoms with Crippen LogP contribution in [-0.4, -0.2) is 22.7 Å². The highest BCUT2D eigenvalue weighted by Gasteiger charge is 2.25. The van der Waals surface area contributed by atoms with Crippen LogP contribution in [0.25, 0.3) is 0 Å². The molecule has 1 atom stereocenters. The Bertz CT molecular complexity index is 461. The number of rotatable bonds is 8. The predicted molar refractivity (Wildman–Crippen MR) is 95.7 cm³/mol. The maximum Gasteiger partial charge on any atom is 0.211 e. The molecule has 116 valence electrons. The average Bonchev–Trinajstić information content (AvgIpc) is 2.37. The number of allylic oxidation sites excluding steroid dienone is 1. The molecule has 4 heteroatoms. The molecule has 21 heavy (non-hydrogen) atoms. The highest BCUT2D eigenvalue weighted by molar-refractivity contribution is 6.78. The minimum atomic E-state index is -1.90. The van der Waals surface area contributed by atoms with Crippen molar-refractivity contribution in [3.63, 3.8) is 0 Å². The summed E-state index contributed by atoms with van der Waals surface area (Å²) in [6.45, 7) is 11.5. The van der Waals surface area contributed by atoms with Crippen LogP contribution in [-0.2, 0) is 9.22 Å². The zero-order chi connectivity index (χ0) is 15.9. The van der Waals surface area contributed by atoms with Gasteiger partial charge in [0.15, 0.2) is 0 Å². The summed E-state index contributed by atoms with van der Waals surface area (Å²) in [5, 5.41) is 0. The number of hydrogen-bond acceptors (Lipinski definition) is 2. The zero-order valence-corrected chi connectivity index (χ0v) is 15.9. The van der Waals surface area contributed by atoms with Crippen LogP contribution in [0.15, 0.2) is 42.1 Å². The molecule has 0 bridgehead atoms. The van der Waals surface area contributed by atoms with E-state index < -0.39 is 16.4 Å². The highest BCUT2D eigenvalue weighted by Crippen LogP contribution is 2.25. The van der Waals surface area contributed by atoms with Crippen molar-refractivity contribution in [3.05, 3.63) is 47.7 Å². The molecule has 0 N–H and O–H groups in total. The van der Waals surface area contributed by atoms with Gasteiger partial charge in [0, 0.05) is 14.5 Å². The van der Waals surface area contributed by atoms with Crippen molar-refractivity contribution >= 4 is 22.7 Å². The Morgan fingerprint density at radius 2 is 1.71 bits per heavy atom. The Labute approximate surface area is 131 Å². The normalized spacial score (nSPS) is 14.3. The molecule has 0 fully saturated rings. The molecule has 0 heterocycles. The number of carbonyl (C=O) groups excluding carboxylic acids is 1. The van der Waals surface area contributed by atoms with Gasteiger partial charge in [-0.2, -0.15) is 0 Å². The molecule has 0 amide bonds. The molecule has 0 aliphatic heterocycles. The molecule has 0 saturated carbocycles. The van der Waals surface area contributed by atoms with Gasteiger partial charge in [-0.05, 0) is 24.7 Å². The first-order chi connectivity index (χ1) is 9.73. The second-order valence-corrected chi connectivity index (χ2v) is 16.5. The van der Waals surface area contributed by atoms with E-state index in [4.69, 9.17) is 4.43 Å². The third kappa shape index (κ3) is 7.55. The van der Waals surface area contributed by atoms with Gasteiger partial charge in [0.1, 0.15) is 6.29 Å². The number of aldehydes is 1. The maximum atomic E-state index is 10.9. The molecule has 2 nitrogen and oxygen atoms in total. The van der Waals surface area contributed by atoms with E-state index in [2.05, 4.69) is 44.5 Å². The monoisotopic (exact) mass is 320 g/mol. The lowest BCUT2D eigenvalue weighted by atomic mass is 10.1.